The minimum absolute atomic E-state index is 0.00452. The highest BCUT2D eigenvalue weighted by molar-refractivity contribution is 7.89. The zero-order chi connectivity index (χ0) is 15.6. The van der Waals surface area contributed by atoms with E-state index in [1.54, 1.807) is 10.5 Å². The second-order valence-electron chi connectivity index (χ2n) is 5.56. The van der Waals surface area contributed by atoms with Crippen LogP contribution in [0.4, 0.5) is 0 Å². The lowest BCUT2D eigenvalue weighted by atomic mass is 10.1. The molecule has 6 nitrogen and oxygen atoms in total. The molecule has 0 saturated carbocycles. The number of nitrogens with one attached hydrogen (secondary N) is 1. The van der Waals surface area contributed by atoms with Crippen LogP contribution in [-0.2, 0) is 16.6 Å². The van der Waals surface area contributed by atoms with E-state index >= 15 is 0 Å². The Morgan fingerprint density at radius 3 is 2.57 bits per heavy atom. The average molecular weight is 314 g/mol. The van der Waals surface area contributed by atoms with Crippen molar-refractivity contribution in [3.05, 3.63) is 12.0 Å². The number of aromatic nitrogens is 2. The highest BCUT2D eigenvalue weighted by Gasteiger charge is 2.37. The third-order valence-corrected chi connectivity index (χ3v) is 6.07. The lowest BCUT2D eigenvalue weighted by Crippen LogP contribution is -2.57. The van der Waals surface area contributed by atoms with Gasteiger partial charge in [-0.3, -0.25) is 0 Å². The van der Waals surface area contributed by atoms with Gasteiger partial charge in [-0.25, -0.2) is 13.4 Å². The SMILES string of the molecule is CCC1CN(S(=O)(=O)c2cn(CC)c(C)n2)C(CC)CN1. The number of hydrogen-bond donors (Lipinski definition) is 1. The first kappa shape index (κ1) is 16.5. The fraction of sp³-hybridized carbons (Fsp3) is 0.786. The third kappa shape index (κ3) is 3.14. The number of nitrogens with zero attached hydrogens (tertiary/aromatic N) is 3. The lowest BCUT2D eigenvalue weighted by Gasteiger charge is -2.38. The number of imidazole rings is 1. The molecule has 2 heterocycles. The van der Waals surface area contributed by atoms with E-state index in [1.807, 2.05) is 25.3 Å². The first-order chi connectivity index (χ1) is 9.93. The highest BCUT2D eigenvalue weighted by Crippen LogP contribution is 2.22. The highest BCUT2D eigenvalue weighted by atomic mass is 32.2. The zero-order valence-electron chi connectivity index (χ0n) is 13.3. The molecule has 0 spiro atoms. The van der Waals surface area contributed by atoms with Gasteiger partial charge < -0.3 is 9.88 Å². The molecule has 1 aromatic rings. The van der Waals surface area contributed by atoms with E-state index in [-0.39, 0.29) is 17.1 Å². The Bertz CT molecular complexity index is 582. The fourth-order valence-electron chi connectivity index (χ4n) is 2.79. The van der Waals surface area contributed by atoms with Crippen LogP contribution in [0.25, 0.3) is 0 Å². The second-order valence-corrected chi connectivity index (χ2v) is 7.40. The molecule has 21 heavy (non-hydrogen) atoms. The smallest absolute Gasteiger partial charge is 0.262 e. The Kier molecular flexibility index (Phi) is 5.06. The molecule has 2 unspecified atom stereocenters. The molecule has 0 amide bonds. The second kappa shape index (κ2) is 6.46. The maximum atomic E-state index is 12.9. The van der Waals surface area contributed by atoms with Crippen molar-refractivity contribution in [2.24, 2.45) is 0 Å². The Balaban J connectivity index is 2.34. The summed E-state index contributed by atoms with van der Waals surface area (Å²) in [6.45, 7) is 9.88. The maximum Gasteiger partial charge on any atom is 0.262 e. The van der Waals surface area contributed by atoms with Crippen LogP contribution in [0.3, 0.4) is 0 Å². The van der Waals surface area contributed by atoms with Gasteiger partial charge in [0.15, 0.2) is 5.03 Å². The molecule has 1 aliphatic rings. The van der Waals surface area contributed by atoms with Crippen molar-refractivity contribution in [3.63, 3.8) is 0 Å². The van der Waals surface area contributed by atoms with Gasteiger partial charge in [-0.2, -0.15) is 4.31 Å². The van der Waals surface area contributed by atoms with Crippen LogP contribution in [0.1, 0.15) is 39.4 Å². The molecule has 1 N–H and O–H groups in total. The normalized spacial score (nSPS) is 24.4. The van der Waals surface area contributed by atoms with Gasteiger partial charge in [0.2, 0.25) is 0 Å². The minimum atomic E-state index is -3.52. The van der Waals surface area contributed by atoms with Crippen LogP contribution >= 0.6 is 0 Å². The Hall–Kier alpha value is -0.920. The van der Waals surface area contributed by atoms with E-state index in [2.05, 4.69) is 17.2 Å². The van der Waals surface area contributed by atoms with Crippen LogP contribution in [0.2, 0.25) is 0 Å². The maximum absolute atomic E-state index is 12.9. The standard InChI is InChI=1S/C14H26N4O2S/c1-5-12-9-18(13(6-2)8-15-12)21(19,20)14-10-17(7-3)11(4)16-14/h10,12-13,15H,5-9H2,1-4H3. The topological polar surface area (TPSA) is 67.2 Å². The molecule has 1 fully saturated rings. The summed E-state index contributed by atoms with van der Waals surface area (Å²) in [5.41, 5.74) is 0. The Labute approximate surface area is 127 Å². The number of rotatable bonds is 5. The van der Waals surface area contributed by atoms with Crippen LogP contribution in [0.15, 0.2) is 11.2 Å². The molecule has 0 aliphatic carbocycles. The molecule has 7 heteroatoms. The summed E-state index contributed by atoms with van der Waals surface area (Å²) >= 11 is 0. The van der Waals surface area contributed by atoms with Crippen LogP contribution in [-0.4, -0.2) is 47.4 Å². The molecule has 1 saturated heterocycles. The van der Waals surface area contributed by atoms with Gasteiger partial charge in [0, 0.05) is 37.9 Å². The van der Waals surface area contributed by atoms with E-state index in [9.17, 15) is 8.42 Å². The summed E-state index contributed by atoms with van der Waals surface area (Å²) in [5, 5.41) is 3.60. The summed E-state index contributed by atoms with van der Waals surface area (Å²) in [7, 11) is -3.52. The van der Waals surface area contributed by atoms with E-state index in [0.717, 1.165) is 25.2 Å². The Morgan fingerprint density at radius 2 is 2.05 bits per heavy atom. The van der Waals surface area contributed by atoms with Gasteiger partial charge in [-0.1, -0.05) is 13.8 Å². The summed E-state index contributed by atoms with van der Waals surface area (Å²) in [4.78, 5) is 4.26. The molecule has 0 aromatic carbocycles. The van der Waals surface area contributed by atoms with Crippen LogP contribution in [0, 0.1) is 6.92 Å². The number of hydrogen-bond acceptors (Lipinski definition) is 4. The van der Waals surface area contributed by atoms with Gasteiger partial charge in [0.1, 0.15) is 5.82 Å². The van der Waals surface area contributed by atoms with Gasteiger partial charge in [-0.15, -0.1) is 0 Å². The van der Waals surface area contributed by atoms with Crippen molar-refractivity contribution in [3.8, 4) is 0 Å². The lowest BCUT2D eigenvalue weighted by molar-refractivity contribution is 0.215. The van der Waals surface area contributed by atoms with Crippen LogP contribution in [0.5, 0.6) is 0 Å². The third-order valence-electron chi connectivity index (χ3n) is 4.28. The molecule has 2 atom stereocenters. The first-order valence-electron chi connectivity index (χ1n) is 7.72. The quantitative estimate of drug-likeness (QED) is 0.891. The predicted molar refractivity (Wildman–Crippen MR) is 82.7 cm³/mol. The van der Waals surface area contributed by atoms with Crippen molar-refractivity contribution in [1.29, 1.82) is 0 Å². The fourth-order valence-corrected chi connectivity index (χ4v) is 4.54. The van der Waals surface area contributed by atoms with Gasteiger partial charge in [0.05, 0.1) is 0 Å². The van der Waals surface area contributed by atoms with Gasteiger partial charge in [-0.05, 0) is 26.7 Å². The number of piperazine rings is 1. The average Bonchev–Trinajstić information content (AvgIpc) is 2.88. The minimum Gasteiger partial charge on any atom is -0.334 e. The summed E-state index contributed by atoms with van der Waals surface area (Å²) < 4.78 is 29.4. The summed E-state index contributed by atoms with van der Waals surface area (Å²) in [6, 6.07) is 0.224. The largest absolute Gasteiger partial charge is 0.334 e. The van der Waals surface area contributed by atoms with E-state index < -0.39 is 10.0 Å². The zero-order valence-corrected chi connectivity index (χ0v) is 14.2. The first-order valence-corrected chi connectivity index (χ1v) is 9.16. The van der Waals surface area contributed by atoms with E-state index in [4.69, 9.17) is 0 Å². The Morgan fingerprint density at radius 1 is 1.33 bits per heavy atom. The summed E-state index contributed by atoms with van der Waals surface area (Å²) in [6.07, 6.45) is 3.38. The van der Waals surface area contributed by atoms with E-state index in [1.165, 1.54) is 0 Å². The van der Waals surface area contributed by atoms with Crippen LogP contribution < -0.4 is 5.32 Å². The van der Waals surface area contributed by atoms with Crippen molar-refractivity contribution in [1.82, 2.24) is 19.2 Å². The summed E-state index contributed by atoms with van der Waals surface area (Å²) in [5.74, 6) is 0.742. The molecular weight excluding hydrogens is 288 g/mol. The van der Waals surface area contributed by atoms with Gasteiger partial charge >= 0.3 is 0 Å². The molecule has 0 bridgehead atoms. The molecule has 1 aliphatic heterocycles. The molecule has 120 valence electrons. The van der Waals surface area contributed by atoms with Crippen molar-refractivity contribution >= 4 is 10.0 Å². The molecule has 0 radical (unpaired) electrons. The monoisotopic (exact) mass is 314 g/mol. The molecule has 2 rings (SSSR count). The van der Waals surface area contributed by atoms with Crippen molar-refractivity contribution in [2.45, 2.75) is 64.2 Å². The van der Waals surface area contributed by atoms with Gasteiger partial charge in [0.25, 0.3) is 10.0 Å². The molecule has 1 aromatic heterocycles. The molecular formula is C14H26N4O2S. The number of sulfonamides is 1. The van der Waals surface area contributed by atoms with E-state index in [0.29, 0.717) is 13.1 Å². The number of aryl methyl sites for hydroxylation is 2. The van der Waals surface area contributed by atoms with Crippen molar-refractivity contribution < 1.29 is 8.42 Å². The predicted octanol–water partition coefficient (Wildman–Crippen LogP) is 1.36. The van der Waals surface area contributed by atoms with Crippen molar-refractivity contribution in [2.75, 3.05) is 13.1 Å².